The van der Waals surface area contributed by atoms with Crippen LogP contribution < -0.4 is 5.32 Å². The highest BCUT2D eigenvalue weighted by molar-refractivity contribution is 5.95. The summed E-state index contributed by atoms with van der Waals surface area (Å²) in [6.45, 7) is 4.45. The van der Waals surface area contributed by atoms with E-state index in [0.29, 0.717) is 24.3 Å². The number of rotatable bonds is 5. The molecule has 0 radical (unpaired) electrons. The van der Waals surface area contributed by atoms with Crippen molar-refractivity contribution in [3.05, 3.63) is 102 Å². The summed E-state index contributed by atoms with van der Waals surface area (Å²) in [5.74, 6) is -0.0911. The highest BCUT2D eigenvalue weighted by Crippen LogP contribution is 2.29. The molecular weight excluding hydrogens is 386 g/mol. The van der Waals surface area contributed by atoms with Crippen LogP contribution in [0.5, 0.6) is 0 Å². The van der Waals surface area contributed by atoms with Crippen LogP contribution in [0.1, 0.15) is 34.5 Å². The minimum Gasteiger partial charge on any atom is -0.336 e. The fraction of sp³-hybridized carbons (Fsp3) is 0.231. The molecule has 5 nitrogen and oxygen atoms in total. The van der Waals surface area contributed by atoms with Crippen LogP contribution >= 0.6 is 0 Å². The molecule has 1 aliphatic rings. The second-order valence-corrected chi connectivity index (χ2v) is 7.81. The van der Waals surface area contributed by atoms with Crippen LogP contribution in [0.25, 0.3) is 0 Å². The van der Waals surface area contributed by atoms with Crippen LogP contribution in [-0.2, 0) is 4.79 Å². The lowest BCUT2D eigenvalue weighted by molar-refractivity contribution is -0.114. The van der Waals surface area contributed by atoms with E-state index in [-0.39, 0.29) is 17.9 Å². The molecule has 1 fully saturated rings. The van der Waals surface area contributed by atoms with Gasteiger partial charge in [-0.1, -0.05) is 60.7 Å². The van der Waals surface area contributed by atoms with Gasteiger partial charge in [-0.15, -0.1) is 0 Å². The first kappa shape index (κ1) is 20.8. The van der Waals surface area contributed by atoms with Crippen molar-refractivity contribution in [3.63, 3.8) is 0 Å². The lowest BCUT2D eigenvalue weighted by Crippen LogP contribution is -2.49. The molecule has 1 aliphatic heterocycles. The van der Waals surface area contributed by atoms with Gasteiger partial charge in [-0.3, -0.25) is 14.5 Å². The number of anilines is 1. The smallest absolute Gasteiger partial charge is 0.253 e. The number of carbonyl (C=O) groups excluding carboxylic acids is 2. The van der Waals surface area contributed by atoms with Gasteiger partial charge in [0.15, 0.2) is 0 Å². The first-order chi connectivity index (χ1) is 15.1. The Morgan fingerprint density at radius 3 is 1.74 bits per heavy atom. The first-order valence-corrected chi connectivity index (χ1v) is 10.6. The average Bonchev–Trinajstić information content (AvgIpc) is 2.81. The molecule has 0 spiro atoms. The standard InChI is InChI=1S/C26H27N3O2/c1-20(30)27-24-14-12-23(13-15-24)26(31)29-18-16-28(17-19-29)25(21-8-4-2-5-9-21)22-10-6-3-7-11-22/h2-15,25H,16-19H2,1H3,(H,27,30). The SMILES string of the molecule is CC(=O)Nc1ccc(C(=O)N2CCN(C(c3ccccc3)c3ccccc3)CC2)cc1. The average molecular weight is 414 g/mol. The Kier molecular flexibility index (Phi) is 6.43. The van der Waals surface area contributed by atoms with Gasteiger partial charge >= 0.3 is 0 Å². The maximum Gasteiger partial charge on any atom is 0.253 e. The molecule has 3 aromatic rings. The van der Waals surface area contributed by atoms with Crippen molar-refractivity contribution in [2.24, 2.45) is 0 Å². The monoisotopic (exact) mass is 413 g/mol. The Morgan fingerprint density at radius 1 is 0.742 bits per heavy atom. The lowest BCUT2D eigenvalue weighted by atomic mass is 9.96. The van der Waals surface area contributed by atoms with Crippen molar-refractivity contribution in [2.75, 3.05) is 31.5 Å². The maximum atomic E-state index is 13.0. The fourth-order valence-electron chi connectivity index (χ4n) is 4.15. The summed E-state index contributed by atoms with van der Waals surface area (Å²) in [6, 6.07) is 28.4. The number of hydrogen-bond acceptors (Lipinski definition) is 3. The molecule has 31 heavy (non-hydrogen) atoms. The number of amides is 2. The third-order valence-electron chi connectivity index (χ3n) is 5.65. The van der Waals surface area contributed by atoms with Crippen LogP contribution in [-0.4, -0.2) is 47.8 Å². The Hall–Kier alpha value is -3.44. The van der Waals surface area contributed by atoms with E-state index in [1.807, 2.05) is 17.0 Å². The zero-order chi connectivity index (χ0) is 21.6. The molecule has 1 N–H and O–H groups in total. The minimum absolute atomic E-state index is 0.0324. The molecule has 0 aliphatic carbocycles. The molecule has 4 rings (SSSR count). The van der Waals surface area contributed by atoms with E-state index < -0.39 is 0 Å². The topological polar surface area (TPSA) is 52.7 Å². The van der Waals surface area contributed by atoms with Crippen molar-refractivity contribution in [1.82, 2.24) is 9.80 Å². The molecule has 5 heteroatoms. The zero-order valence-electron chi connectivity index (χ0n) is 17.7. The first-order valence-electron chi connectivity index (χ1n) is 10.6. The van der Waals surface area contributed by atoms with Gasteiger partial charge in [0.25, 0.3) is 5.91 Å². The Labute approximate surface area is 183 Å². The van der Waals surface area contributed by atoms with Gasteiger partial charge in [0.2, 0.25) is 5.91 Å². The van der Waals surface area contributed by atoms with Crippen molar-refractivity contribution in [2.45, 2.75) is 13.0 Å². The minimum atomic E-state index is -0.124. The van der Waals surface area contributed by atoms with Gasteiger partial charge in [0, 0.05) is 44.4 Å². The number of hydrogen-bond donors (Lipinski definition) is 1. The van der Waals surface area contributed by atoms with Gasteiger partial charge in [0.05, 0.1) is 6.04 Å². The highest BCUT2D eigenvalue weighted by Gasteiger charge is 2.28. The fourth-order valence-corrected chi connectivity index (χ4v) is 4.15. The van der Waals surface area contributed by atoms with Crippen LogP contribution in [0.3, 0.4) is 0 Å². The number of carbonyl (C=O) groups is 2. The summed E-state index contributed by atoms with van der Waals surface area (Å²) in [5.41, 5.74) is 3.87. The molecule has 2 amide bonds. The van der Waals surface area contributed by atoms with E-state index >= 15 is 0 Å². The van der Waals surface area contributed by atoms with Gasteiger partial charge in [0.1, 0.15) is 0 Å². The summed E-state index contributed by atoms with van der Waals surface area (Å²) in [5, 5.41) is 2.73. The van der Waals surface area contributed by atoms with Gasteiger partial charge in [-0.05, 0) is 35.4 Å². The summed E-state index contributed by atoms with van der Waals surface area (Å²) in [7, 11) is 0. The molecular formula is C26H27N3O2. The normalized spacial score (nSPS) is 14.5. The van der Waals surface area contributed by atoms with Crippen molar-refractivity contribution in [1.29, 1.82) is 0 Å². The second kappa shape index (κ2) is 9.58. The van der Waals surface area contributed by atoms with Gasteiger partial charge in [-0.25, -0.2) is 0 Å². The molecule has 3 aromatic carbocycles. The van der Waals surface area contributed by atoms with Crippen molar-refractivity contribution < 1.29 is 9.59 Å². The highest BCUT2D eigenvalue weighted by atomic mass is 16.2. The molecule has 0 bridgehead atoms. The zero-order valence-corrected chi connectivity index (χ0v) is 17.7. The molecule has 1 saturated heterocycles. The molecule has 0 aromatic heterocycles. The molecule has 158 valence electrons. The van der Waals surface area contributed by atoms with Crippen LogP contribution in [0.15, 0.2) is 84.9 Å². The number of nitrogens with one attached hydrogen (secondary N) is 1. The second-order valence-electron chi connectivity index (χ2n) is 7.81. The van der Waals surface area contributed by atoms with Gasteiger partial charge in [-0.2, -0.15) is 0 Å². The molecule has 0 unspecified atom stereocenters. The predicted molar refractivity (Wildman–Crippen MR) is 123 cm³/mol. The third kappa shape index (κ3) is 5.01. The molecule has 0 atom stereocenters. The van der Waals surface area contributed by atoms with E-state index in [0.717, 1.165) is 13.1 Å². The summed E-state index contributed by atoms with van der Waals surface area (Å²) in [4.78, 5) is 28.5. The maximum absolute atomic E-state index is 13.0. The van der Waals surface area contributed by atoms with E-state index in [1.54, 1.807) is 24.3 Å². The Bertz CT molecular complexity index is 972. The van der Waals surface area contributed by atoms with Crippen molar-refractivity contribution in [3.8, 4) is 0 Å². The van der Waals surface area contributed by atoms with Crippen LogP contribution in [0.2, 0.25) is 0 Å². The van der Waals surface area contributed by atoms with Crippen LogP contribution in [0.4, 0.5) is 5.69 Å². The van der Waals surface area contributed by atoms with E-state index in [4.69, 9.17) is 0 Å². The Morgan fingerprint density at radius 2 is 1.26 bits per heavy atom. The van der Waals surface area contributed by atoms with E-state index in [1.165, 1.54) is 18.1 Å². The summed E-state index contributed by atoms with van der Waals surface area (Å²) >= 11 is 0. The quantitative estimate of drug-likeness (QED) is 0.682. The molecule has 1 heterocycles. The summed E-state index contributed by atoms with van der Waals surface area (Å²) < 4.78 is 0. The number of benzene rings is 3. The predicted octanol–water partition coefficient (Wildman–Crippen LogP) is 4.19. The molecule has 0 saturated carbocycles. The van der Waals surface area contributed by atoms with E-state index in [9.17, 15) is 9.59 Å². The summed E-state index contributed by atoms with van der Waals surface area (Å²) in [6.07, 6.45) is 0. The van der Waals surface area contributed by atoms with Gasteiger partial charge < -0.3 is 10.2 Å². The van der Waals surface area contributed by atoms with Crippen LogP contribution in [0, 0.1) is 0 Å². The van der Waals surface area contributed by atoms with E-state index in [2.05, 4.69) is 58.7 Å². The third-order valence-corrected chi connectivity index (χ3v) is 5.65. The lowest BCUT2D eigenvalue weighted by Gasteiger charge is -2.39. The number of nitrogens with zero attached hydrogens (tertiary/aromatic N) is 2. The van der Waals surface area contributed by atoms with Crippen molar-refractivity contribution >= 4 is 17.5 Å². The Balaban J connectivity index is 1.45. The largest absolute Gasteiger partial charge is 0.336 e. The number of piperazine rings is 1.